The molecule has 1 aliphatic rings. The number of fused-ring (bicyclic) bond motifs is 1. The number of hydrogen-bond donors (Lipinski definition) is 2. The van der Waals surface area contributed by atoms with E-state index in [2.05, 4.69) is 10.6 Å². The van der Waals surface area contributed by atoms with Crippen LogP contribution >= 0.6 is 0 Å². The Bertz CT molecular complexity index is 1420. The molecule has 0 aromatic heterocycles. The van der Waals surface area contributed by atoms with Gasteiger partial charge in [-0.1, -0.05) is 97.1 Å². The van der Waals surface area contributed by atoms with Crippen LogP contribution in [-0.4, -0.2) is 35.3 Å². The normalized spacial score (nSPS) is 18.2. The van der Waals surface area contributed by atoms with E-state index in [1.165, 1.54) is 0 Å². The zero-order valence-electron chi connectivity index (χ0n) is 20.8. The molecule has 1 heterocycles. The molecule has 1 aliphatic heterocycles. The summed E-state index contributed by atoms with van der Waals surface area (Å²) in [6.07, 6.45) is 0. The maximum absolute atomic E-state index is 13.4. The average Bonchev–Trinajstić information content (AvgIpc) is 3.13. The molecule has 186 valence electrons. The number of carbonyl (C=O) groups excluding carboxylic acids is 3. The first-order valence-electron chi connectivity index (χ1n) is 12.4. The molecule has 5 rings (SSSR count). The van der Waals surface area contributed by atoms with Crippen LogP contribution in [-0.2, 0) is 15.1 Å². The SMILES string of the molecule is CC(NC(=O)CN1C(=O)NC(C)(c2ccc3ccccc3c2)C1=O)C(c1ccccc1)c1ccccc1. The standard InChI is InChI=1S/C31H29N3O3/c1-21(28(23-12-5-3-6-13-23)24-14-7-4-8-15-24)32-27(35)20-34-29(36)31(2,33-30(34)37)26-18-17-22-11-9-10-16-25(22)19-26/h3-19,21,28H,20H2,1-2H3,(H,32,35)(H,33,37). The molecule has 2 unspecified atom stereocenters. The molecule has 1 fully saturated rings. The molecule has 0 spiro atoms. The van der Waals surface area contributed by atoms with Crippen molar-refractivity contribution in [1.29, 1.82) is 0 Å². The van der Waals surface area contributed by atoms with Crippen LogP contribution in [0.3, 0.4) is 0 Å². The van der Waals surface area contributed by atoms with Gasteiger partial charge in [-0.05, 0) is 47.4 Å². The number of urea groups is 1. The highest BCUT2D eigenvalue weighted by atomic mass is 16.2. The Kier molecular flexibility index (Phi) is 6.49. The van der Waals surface area contributed by atoms with Gasteiger partial charge in [0.25, 0.3) is 5.91 Å². The van der Waals surface area contributed by atoms with Gasteiger partial charge in [-0.2, -0.15) is 0 Å². The third-order valence-electron chi connectivity index (χ3n) is 7.11. The van der Waals surface area contributed by atoms with Gasteiger partial charge in [0.05, 0.1) is 0 Å². The zero-order valence-corrected chi connectivity index (χ0v) is 20.8. The molecular weight excluding hydrogens is 462 g/mol. The van der Waals surface area contributed by atoms with Gasteiger partial charge in [0, 0.05) is 12.0 Å². The van der Waals surface area contributed by atoms with Crippen LogP contribution in [0.15, 0.2) is 103 Å². The van der Waals surface area contributed by atoms with Gasteiger partial charge < -0.3 is 10.6 Å². The van der Waals surface area contributed by atoms with Gasteiger partial charge in [0.2, 0.25) is 5.91 Å². The Balaban J connectivity index is 1.33. The number of amides is 4. The summed E-state index contributed by atoms with van der Waals surface area (Å²) in [5, 5.41) is 7.84. The second kappa shape index (κ2) is 9.90. The smallest absolute Gasteiger partial charge is 0.325 e. The van der Waals surface area contributed by atoms with Gasteiger partial charge in [-0.3, -0.25) is 14.5 Å². The number of imide groups is 1. The molecule has 4 aromatic rings. The fourth-order valence-corrected chi connectivity index (χ4v) is 5.15. The first kappa shape index (κ1) is 24.3. The van der Waals surface area contributed by atoms with Gasteiger partial charge in [-0.15, -0.1) is 0 Å². The second-order valence-corrected chi connectivity index (χ2v) is 9.66. The minimum Gasteiger partial charge on any atom is -0.351 e. The van der Waals surface area contributed by atoms with Crippen molar-refractivity contribution in [3.63, 3.8) is 0 Å². The Labute approximate surface area is 216 Å². The monoisotopic (exact) mass is 491 g/mol. The molecule has 1 saturated heterocycles. The van der Waals surface area contributed by atoms with Crippen LogP contribution in [0.1, 0.15) is 36.5 Å². The first-order valence-corrected chi connectivity index (χ1v) is 12.4. The topological polar surface area (TPSA) is 78.5 Å². The fraction of sp³-hybridized carbons (Fsp3) is 0.194. The summed E-state index contributed by atoms with van der Waals surface area (Å²) in [6, 6.07) is 32.6. The highest BCUT2D eigenvalue weighted by Gasteiger charge is 2.49. The van der Waals surface area contributed by atoms with Crippen molar-refractivity contribution >= 4 is 28.6 Å². The molecule has 0 saturated carbocycles. The predicted molar refractivity (Wildman–Crippen MR) is 144 cm³/mol. The highest BCUT2D eigenvalue weighted by Crippen LogP contribution is 2.31. The number of nitrogens with one attached hydrogen (secondary N) is 2. The average molecular weight is 492 g/mol. The van der Waals surface area contributed by atoms with Crippen molar-refractivity contribution in [2.75, 3.05) is 6.54 Å². The molecule has 0 aliphatic carbocycles. The Morgan fingerprint density at radius 1 is 0.838 bits per heavy atom. The van der Waals surface area contributed by atoms with Gasteiger partial charge in [0.1, 0.15) is 12.1 Å². The van der Waals surface area contributed by atoms with E-state index in [0.29, 0.717) is 5.56 Å². The molecule has 4 amide bonds. The highest BCUT2D eigenvalue weighted by molar-refractivity contribution is 6.09. The lowest BCUT2D eigenvalue weighted by Crippen LogP contribution is -2.46. The van der Waals surface area contributed by atoms with E-state index in [4.69, 9.17) is 0 Å². The zero-order chi connectivity index (χ0) is 26.0. The third kappa shape index (κ3) is 4.70. The first-order chi connectivity index (χ1) is 17.9. The lowest BCUT2D eigenvalue weighted by atomic mass is 9.86. The number of nitrogens with zero attached hydrogens (tertiary/aromatic N) is 1. The molecule has 0 radical (unpaired) electrons. The summed E-state index contributed by atoms with van der Waals surface area (Å²) in [5.74, 6) is -0.925. The summed E-state index contributed by atoms with van der Waals surface area (Å²) in [4.78, 5) is 40.4. The van der Waals surface area contributed by atoms with Crippen LogP contribution in [0.2, 0.25) is 0 Å². The van der Waals surface area contributed by atoms with E-state index in [9.17, 15) is 14.4 Å². The number of carbonyl (C=O) groups is 3. The van der Waals surface area contributed by atoms with Crippen LogP contribution in [0, 0.1) is 0 Å². The van der Waals surface area contributed by atoms with Crippen LogP contribution in [0.5, 0.6) is 0 Å². The van der Waals surface area contributed by atoms with E-state index in [0.717, 1.165) is 26.8 Å². The lowest BCUT2D eigenvalue weighted by molar-refractivity contribution is -0.135. The van der Waals surface area contributed by atoms with E-state index in [1.807, 2.05) is 110 Å². The minimum absolute atomic E-state index is 0.0858. The largest absolute Gasteiger partial charge is 0.351 e. The summed E-state index contributed by atoms with van der Waals surface area (Å²) in [7, 11) is 0. The van der Waals surface area contributed by atoms with E-state index < -0.39 is 23.4 Å². The van der Waals surface area contributed by atoms with Crippen LogP contribution < -0.4 is 10.6 Å². The molecule has 0 bridgehead atoms. The number of benzene rings is 4. The Morgan fingerprint density at radius 2 is 1.41 bits per heavy atom. The van der Waals surface area contributed by atoms with Crippen molar-refractivity contribution in [3.8, 4) is 0 Å². The minimum atomic E-state index is -1.25. The Morgan fingerprint density at radius 3 is 2.03 bits per heavy atom. The van der Waals surface area contributed by atoms with Crippen molar-refractivity contribution in [1.82, 2.24) is 15.5 Å². The van der Waals surface area contributed by atoms with Crippen molar-refractivity contribution in [3.05, 3.63) is 120 Å². The van der Waals surface area contributed by atoms with Gasteiger partial charge in [-0.25, -0.2) is 4.79 Å². The van der Waals surface area contributed by atoms with E-state index in [1.54, 1.807) is 6.92 Å². The molecule has 6 heteroatoms. The predicted octanol–water partition coefficient (Wildman–Crippen LogP) is 4.94. The maximum Gasteiger partial charge on any atom is 0.325 e. The van der Waals surface area contributed by atoms with Crippen LogP contribution in [0.25, 0.3) is 10.8 Å². The second-order valence-electron chi connectivity index (χ2n) is 9.66. The van der Waals surface area contributed by atoms with Crippen molar-refractivity contribution in [2.45, 2.75) is 31.3 Å². The lowest BCUT2D eigenvalue weighted by Gasteiger charge is -2.27. The molecule has 37 heavy (non-hydrogen) atoms. The molecule has 2 N–H and O–H groups in total. The summed E-state index contributed by atoms with van der Waals surface area (Å²) in [6.45, 7) is 3.26. The number of hydrogen-bond acceptors (Lipinski definition) is 3. The molecule has 2 atom stereocenters. The number of rotatable bonds is 7. The van der Waals surface area contributed by atoms with E-state index >= 15 is 0 Å². The molecule has 6 nitrogen and oxygen atoms in total. The van der Waals surface area contributed by atoms with Crippen LogP contribution in [0.4, 0.5) is 4.79 Å². The quantitative estimate of drug-likeness (QED) is 0.359. The van der Waals surface area contributed by atoms with Gasteiger partial charge >= 0.3 is 6.03 Å². The molecular formula is C31H29N3O3. The van der Waals surface area contributed by atoms with Gasteiger partial charge in [0.15, 0.2) is 0 Å². The van der Waals surface area contributed by atoms with Crippen molar-refractivity contribution in [2.24, 2.45) is 0 Å². The molecule has 4 aromatic carbocycles. The summed E-state index contributed by atoms with van der Waals surface area (Å²) < 4.78 is 0. The van der Waals surface area contributed by atoms with Crippen molar-refractivity contribution < 1.29 is 14.4 Å². The van der Waals surface area contributed by atoms with E-state index in [-0.39, 0.29) is 18.5 Å². The summed E-state index contributed by atoms with van der Waals surface area (Å²) >= 11 is 0. The summed E-state index contributed by atoms with van der Waals surface area (Å²) in [5.41, 5.74) is 1.57. The Hall–Kier alpha value is -4.45. The third-order valence-corrected chi connectivity index (χ3v) is 7.11. The fourth-order valence-electron chi connectivity index (χ4n) is 5.15. The maximum atomic E-state index is 13.4.